The van der Waals surface area contributed by atoms with E-state index in [0.29, 0.717) is 30.5 Å². The first kappa shape index (κ1) is 21.2. The molecule has 1 aromatic carbocycles. The number of aliphatic carboxylic acids is 1. The van der Waals surface area contributed by atoms with Gasteiger partial charge in [-0.3, -0.25) is 33.7 Å². The number of likely N-dealkylation sites (tertiary alicyclic amines) is 1. The molecule has 0 radical (unpaired) electrons. The van der Waals surface area contributed by atoms with Gasteiger partial charge in [0.15, 0.2) is 0 Å². The molecule has 2 aromatic rings. The molecule has 2 unspecified atom stereocenters. The summed E-state index contributed by atoms with van der Waals surface area (Å²) in [6.07, 6.45) is -0.323. The van der Waals surface area contributed by atoms with Crippen LogP contribution in [-0.2, 0) is 20.9 Å². The summed E-state index contributed by atoms with van der Waals surface area (Å²) in [5.41, 5.74) is 1.61. The van der Waals surface area contributed by atoms with Crippen molar-refractivity contribution in [2.75, 3.05) is 19.6 Å². The summed E-state index contributed by atoms with van der Waals surface area (Å²) in [5, 5.41) is 11.2. The number of imide groups is 1. The zero-order valence-electron chi connectivity index (χ0n) is 17.2. The van der Waals surface area contributed by atoms with Crippen LogP contribution in [0.4, 0.5) is 4.39 Å². The maximum Gasteiger partial charge on any atom is 0.329 e. The SMILES string of the molecule is CCn1c(=O)n(C2CCC(=O)NC2=O)c2ccc(C3CCN(CC(=O)O)C[C@@H]3F)cc21. The average Bonchev–Trinajstić information content (AvgIpc) is 2.98. The van der Waals surface area contributed by atoms with Gasteiger partial charge in [0.2, 0.25) is 11.8 Å². The third-order valence-electron chi connectivity index (χ3n) is 6.24. The number of fused-ring (bicyclic) bond motifs is 1. The van der Waals surface area contributed by atoms with Crippen LogP contribution in [0, 0.1) is 0 Å². The first-order chi connectivity index (χ1) is 14.8. The zero-order chi connectivity index (χ0) is 22.3. The number of hydrogen-bond acceptors (Lipinski definition) is 5. The van der Waals surface area contributed by atoms with E-state index >= 15 is 0 Å². The lowest BCUT2D eigenvalue weighted by Crippen LogP contribution is -2.44. The number of imidazole rings is 1. The summed E-state index contributed by atoms with van der Waals surface area (Å²) in [6, 6.07) is 4.54. The predicted molar refractivity (Wildman–Crippen MR) is 110 cm³/mol. The summed E-state index contributed by atoms with van der Waals surface area (Å²) >= 11 is 0. The number of alkyl halides is 1. The Balaban J connectivity index is 1.69. The van der Waals surface area contributed by atoms with E-state index in [1.54, 1.807) is 27.7 Å². The molecule has 2 N–H and O–H groups in total. The van der Waals surface area contributed by atoms with Crippen LogP contribution in [-0.4, -0.2) is 62.7 Å². The van der Waals surface area contributed by atoms with Gasteiger partial charge in [0.25, 0.3) is 0 Å². The molecule has 0 aliphatic carbocycles. The Morgan fingerprint density at radius 3 is 2.65 bits per heavy atom. The molecule has 2 aliphatic heterocycles. The molecule has 0 spiro atoms. The van der Waals surface area contributed by atoms with Gasteiger partial charge in [-0.15, -0.1) is 0 Å². The van der Waals surface area contributed by atoms with Gasteiger partial charge in [-0.2, -0.15) is 0 Å². The molecule has 1 aromatic heterocycles. The number of carboxylic acids is 1. The smallest absolute Gasteiger partial charge is 0.329 e. The molecule has 3 atom stereocenters. The normalized spacial score (nSPS) is 25.0. The number of nitrogens with one attached hydrogen (secondary N) is 1. The van der Waals surface area contributed by atoms with Crippen molar-refractivity contribution in [2.24, 2.45) is 0 Å². The van der Waals surface area contributed by atoms with Gasteiger partial charge in [-0.1, -0.05) is 6.07 Å². The number of carbonyl (C=O) groups excluding carboxylic acids is 2. The van der Waals surface area contributed by atoms with Crippen molar-refractivity contribution in [3.05, 3.63) is 34.2 Å². The first-order valence-corrected chi connectivity index (χ1v) is 10.5. The minimum atomic E-state index is -1.22. The van der Waals surface area contributed by atoms with E-state index in [-0.39, 0.29) is 37.5 Å². The summed E-state index contributed by atoms with van der Waals surface area (Å²) in [5.74, 6) is -2.21. The standard InChI is InChI=1S/C21H25FN4O5/c1-2-25-17-9-12(13-7-8-24(10-14(13)22)11-19(28)29)3-4-15(17)26(21(25)31)16-5-6-18(27)23-20(16)30/h3-4,9,13-14,16H,2,5-8,10-11H2,1H3,(H,28,29)(H,23,27,30)/t13?,14-,16?/m0/s1. The van der Waals surface area contributed by atoms with Crippen LogP contribution in [0.25, 0.3) is 11.0 Å². The number of benzene rings is 1. The topological polar surface area (TPSA) is 114 Å². The van der Waals surface area contributed by atoms with Gasteiger partial charge in [0.05, 0.1) is 17.6 Å². The maximum atomic E-state index is 14.9. The van der Waals surface area contributed by atoms with Gasteiger partial charge in [0.1, 0.15) is 12.2 Å². The fourth-order valence-electron chi connectivity index (χ4n) is 4.74. The molecule has 4 rings (SSSR count). The minimum absolute atomic E-state index is 0.0485. The Morgan fingerprint density at radius 1 is 1.23 bits per heavy atom. The fraction of sp³-hybridized carbons (Fsp3) is 0.524. The number of hydrogen-bond donors (Lipinski definition) is 2. The highest BCUT2D eigenvalue weighted by Gasteiger charge is 2.34. The molecule has 2 fully saturated rings. The number of carbonyl (C=O) groups is 3. The highest BCUT2D eigenvalue weighted by atomic mass is 19.1. The highest BCUT2D eigenvalue weighted by Crippen LogP contribution is 2.33. The Morgan fingerprint density at radius 2 is 2.00 bits per heavy atom. The van der Waals surface area contributed by atoms with E-state index in [1.807, 2.05) is 6.92 Å². The van der Waals surface area contributed by atoms with Crippen LogP contribution in [0.1, 0.15) is 43.7 Å². The molecular weight excluding hydrogens is 407 g/mol. The van der Waals surface area contributed by atoms with Crippen LogP contribution in [0.5, 0.6) is 0 Å². The molecule has 31 heavy (non-hydrogen) atoms. The lowest BCUT2D eigenvalue weighted by Gasteiger charge is -2.34. The van der Waals surface area contributed by atoms with E-state index in [9.17, 15) is 23.6 Å². The quantitative estimate of drug-likeness (QED) is 0.682. The number of halogens is 1. The maximum absolute atomic E-state index is 14.9. The van der Waals surface area contributed by atoms with Crippen LogP contribution < -0.4 is 11.0 Å². The third kappa shape index (κ3) is 3.87. The molecule has 2 aliphatic rings. The van der Waals surface area contributed by atoms with Gasteiger partial charge < -0.3 is 5.11 Å². The Kier molecular flexibility index (Phi) is 5.65. The Bertz CT molecular complexity index is 1110. The second-order valence-corrected chi connectivity index (χ2v) is 8.15. The number of piperidine rings is 2. The zero-order valence-corrected chi connectivity index (χ0v) is 17.2. The number of nitrogens with zero attached hydrogens (tertiary/aromatic N) is 3. The van der Waals surface area contributed by atoms with E-state index < -0.39 is 30.0 Å². The molecular formula is C21H25FN4O5. The minimum Gasteiger partial charge on any atom is -0.480 e. The van der Waals surface area contributed by atoms with E-state index in [1.165, 1.54) is 4.57 Å². The summed E-state index contributed by atoms with van der Waals surface area (Å²) < 4.78 is 17.9. The molecule has 0 bridgehead atoms. The lowest BCUT2D eigenvalue weighted by molar-refractivity contribution is -0.139. The number of carboxylic acid groups (broad SMARTS) is 1. The van der Waals surface area contributed by atoms with Crippen molar-refractivity contribution >= 4 is 28.8 Å². The van der Waals surface area contributed by atoms with Crippen molar-refractivity contribution in [1.82, 2.24) is 19.4 Å². The van der Waals surface area contributed by atoms with E-state index in [4.69, 9.17) is 5.11 Å². The predicted octanol–water partition coefficient (Wildman–Crippen LogP) is 1.01. The van der Waals surface area contributed by atoms with Crippen molar-refractivity contribution in [2.45, 2.75) is 50.9 Å². The number of amides is 2. The molecule has 3 heterocycles. The van der Waals surface area contributed by atoms with Crippen molar-refractivity contribution in [1.29, 1.82) is 0 Å². The largest absolute Gasteiger partial charge is 0.480 e. The summed E-state index contributed by atoms with van der Waals surface area (Å²) in [7, 11) is 0. The molecule has 10 heteroatoms. The van der Waals surface area contributed by atoms with Gasteiger partial charge in [-0.25, -0.2) is 9.18 Å². The van der Waals surface area contributed by atoms with Crippen molar-refractivity contribution in [3.63, 3.8) is 0 Å². The molecule has 2 saturated heterocycles. The van der Waals surface area contributed by atoms with Crippen LogP contribution in [0.2, 0.25) is 0 Å². The van der Waals surface area contributed by atoms with Gasteiger partial charge in [0, 0.05) is 25.4 Å². The second kappa shape index (κ2) is 8.26. The van der Waals surface area contributed by atoms with Crippen LogP contribution >= 0.6 is 0 Å². The monoisotopic (exact) mass is 432 g/mol. The van der Waals surface area contributed by atoms with E-state index in [2.05, 4.69) is 5.32 Å². The average molecular weight is 432 g/mol. The van der Waals surface area contributed by atoms with Crippen LogP contribution in [0.3, 0.4) is 0 Å². The van der Waals surface area contributed by atoms with Crippen molar-refractivity contribution < 1.29 is 23.9 Å². The van der Waals surface area contributed by atoms with Gasteiger partial charge >= 0.3 is 11.7 Å². The molecule has 166 valence electrons. The second-order valence-electron chi connectivity index (χ2n) is 8.15. The molecule has 2 amide bonds. The van der Waals surface area contributed by atoms with Crippen LogP contribution in [0.15, 0.2) is 23.0 Å². The van der Waals surface area contributed by atoms with Crippen molar-refractivity contribution in [3.8, 4) is 0 Å². The Hall–Kier alpha value is -3.01. The fourth-order valence-corrected chi connectivity index (χ4v) is 4.74. The Labute approximate surface area is 177 Å². The third-order valence-corrected chi connectivity index (χ3v) is 6.24. The summed E-state index contributed by atoms with van der Waals surface area (Å²) in [4.78, 5) is 49.4. The highest BCUT2D eigenvalue weighted by molar-refractivity contribution is 6.00. The summed E-state index contributed by atoms with van der Waals surface area (Å²) in [6.45, 7) is 2.55. The molecule has 9 nitrogen and oxygen atoms in total. The molecule has 0 saturated carbocycles. The van der Waals surface area contributed by atoms with E-state index in [0.717, 1.165) is 5.56 Å². The first-order valence-electron chi connectivity index (χ1n) is 10.5. The lowest BCUT2D eigenvalue weighted by atomic mass is 9.87. The number of rotatable bonds is 5. The number of aryl methyl sites for hydroxylation is 1. The van der Waals surface area contributed by atoms with Gasteiger partial charge in [-0.05, 0) is 44.0 Å². The number of aromatic nitrogens is 2.